The zero-order chi connectivity index (χ0) is 29.8. The van der Waals surface area contributed by atoms with Crippen LogP contribution in [0.2, 0.25) is 0 Å². The van der Waals surface area contributed by atoms with Crippen molar-refractivity contribution in [1.82, 2.24) is 0 Å². The molecule has 7 atom stereocenters. The van der Waals surface area contributed by atoms with E-state index in [1.807, 2.05) is 12.1 Å². The van der Waals surface area contributed by atoms with E-state index in [0.717, 1.165) is 77.0 Å². The monoisotopic (exact) mass is 606 g/mol. The number of rotatable bonds is 14. The molecule has 0 radical (unpaired) electrons. The van der Waals surface area contributed by atoms with Crippen LogP contribution in [0.1, 0.15) is 114 Å². The fourth-order valence-corrected chi connectivity index (χ4v) is 9.48. The molecule has 2 saturated carbocycles. The summed E-state index contributed by atoms with van der Waals surface area (Å²) in [6.07, 6.45) is 5.97. The van der Waals surface area contributed by atoms with E-state index in [1.54, 1.807) is 0 Å². The molecule has 0 aliphatic heterocycles. The van der Waals surface area contributed by atoms with Crippen molar-refractivity contribution in [2.24, 2.45) is 23.2 Å². The molecule has 3 nitrogen and oxygen atoms in total. The van der Waals surface area contributed by atoms with Gasteiger partial charge in [0.25, 0.3) is 0 Å². The third kappa shape index (κ3) is 7.66. The van der Waals surface area contributed by atoms with Crippen LogP contribution in [0.25, 0.3) is 0 Å². The second-order valence-electron chi connectivity index (χ2n) is 13.2. The summed E-state index contributed by atoms with van der Waals surface area (Å²) in [7, 11) is -1.35. The second kappa shape index (κ2) is 13.6. The SMILES string of the molecule is C[C@]12CC[C@@H]3c4ccc(O)cc4C[C@@H](CCCCCCCCC[S@@](=O)CCCC(F)(F)C(F)(F)F)[C@@H]3[C@@H]1CC[C@@H]2O. The highest BCUT2D eigenvalue weighted by Gasteiger charge is 2.57. The Morgan fingerprint density at radius 1 is 0.927 bits per heavy atom. The van der Waals surface area contributed by atoms with Crippen LogP contribution in [0.4, 0.5) is 22.0 Å². The van der Waals surface area contributed by atoms with E-state index in [2.05, 4.69) is 13.0 Å². The molecule has 0 amide bonds. The van der Waals surface area contributed by atoms with Crippen LogP contribution in [0.5, 0.6) is 5.75 Å². The number of aliphatic hydroxyl groups excluding tert-OH is 1. The fourth-order valence-electron chi connectivity index (χ4n) is 8.28. The molecule has 0 saturated heterocycles. The van der Waals surface area contributed by atoms with Crippen LogP contribution < -0.4 is 0 Å². The first kappa shape index (κ1) is 32.7. The van der Waals surface area contributed by atoms with Gasteiger partial charge in [-0.05, 0) is 104 Å². The number of aliphatic hydroxyl groups is 1. The maximum absolute atomic E-state index is 13.0. The van der Waals surface area contributed by atoms with E-state index in [-0.39, 0.29) is 17.3 Å². The van der Waals surface area contributed by atoms with Crippen LogP contribution in [0.3, 0.4) is 0 Å². The molecule has 4 rings (SSSR count). The number of unbranched alkanes of at least 4 members (excludes halogenated alkanes) is 6. The van der Waals surface area contributed by atoms with Crippen molar-refractivity contribution in [2.75, 3.05) is 11.5 Å². The van der Waals surface area contributed by atoms with Crippen LogP contribution in [-0.4, -0.2) is 44.1 Å². The lowest BCUT2D eigenvalue weighted by Crippen LogP contribution is -2.47. The molecule has 3 aliphatic carbocycles. The molecule has 2 fully saturated rings. The van der Waals surface area contributed by atoms with Gasteiger partial charge in [-0.15, -0.1) is 0 Å². The topological polar surface area (TPSA) is 57.5 Å². The number of alkyl halides is 5. The zero-order valence-corrected chi connectivity index (χ0v) is 25.1. The smallest absolute Gasteiger partial charge is 0.453 e. The van der Waals surface area contributed by atoms with Gasteiger partial charge in [0.15, 0.2) is 0 Å². The lowest BCUT2D eigenvalue weighted by molar-refractivity contribution is -0.284. The number of phenols is 1. The van der Waals surface area contributed by atoms with Crippen molar-refractivity contribution in [2.45, 2.75) is 127 Å². The minimum absolute atomic E-state index is 0.0195. The Morgan fingerprint density at radius 2 is 1.59 bits per heavy atom. The summed E-state index contributed by atoms with van der Waals surface area (Å²) in [6, 6.07) is 5.92. The Balaban J connectivity index is 1.15. The highest BCUT2D eigenvalue weighted by atomic mass is 32.2. The zero-order valence-electron chi connectivity index (χ0n) is 24.2. The van der Waals surface area contributed by atoms with E-state index >= 15 is 0 Å². The van der Waals surface area contributed by atoms with Crippen LogP contribution >= 0.6 is 0 Å². The lowest BCUT2D eigenvalue weighted by atomic mass is 9.52. The van der Waals surface area contributed by atoms with Gasteiger partial charge in [0, 0.05) is 28.7 Å². The van der Waals surface area contributed by atoms with Crippen LogP contribution in [-0.2, 0) is 17.2 Å². The Kier molecular flexibility index (Phi) is 10.8. The number of phenolic OH excluding ortho intramolecular Hbond substituents is 1. The van der Waals surface area contributed by atoms with Crippen molar-refractivity contribution in [1.29, 1.82) is 0 Å². The predicted octanol–water partition coefficient (Wildman–Crippen LogP) is 8.68. The molecule has 1 aromatic rings. The van der Waals surface area contributed by atoms with Crippen LogP contribution in [0.15, 0.2) is 18.2 Å². The molecule has 0 unspecified atom stereocenters. The summed E-state index contributed by atoms with van der Waals surface area (Å²) < 4.78 is 74.5. The lowest BCUT2D eigenvalue weighted by Gasteiger charge is -2.53. The number of hydrogen-bond donors (Lipinski definition) is 2. The van der Waals surface area contributed by atoms with Gasteiger partial charge in [0.2, 0.25) is 0 Å². The van der Waals surface area contributed by atoms with Gasteiger partial charge in [0.05, 0.1) is 6.10 Å². The van der Waals surface area contributed by atoms with Gasteiger partial charge in [-0.25, -0.2) is 0 Å². The third-order valence-electron chi connectivity index (χ3n) is 10.6. The molecule has 0 heterocycles. The van der Waals surface area contributed by atoms with Gasteiger partial charge in [-0.3, -0.25) is 4.21 Å². The highest BCUT2D eigenvalue weighted by molar-refractivity contribution is 7.84. The number of benzene rings is 1. The number of hydrogen-bond acceptors (Lipinski definition) is 3. The van der Waals surface area contributed by atoms with Crippen molar-refractivity contribution >= 4 is 10.8 Å². The van der Waals surface area contributed by atoms with E-state index in [0.29, 0.717) is 41.6 Å². The summed E-state index contributed by atoms with van der Waals surface area (Å²) in [6.45, 7) is 2.30. The summed E-state index contributed by atoms with van der Waals surface area (Å²) in [4.78, 5) is 0. The van der Waals surface area contributed by atoms with E-state index in [9.17, 15) is 36.4 Å². The Hall–Kier alpha value is -1.22. The summed E-state index contributed by atoms with van der Waals surface area (Å²) >= 11 is 0. The van der Waals surface area contributed by atoms with Crippen molar-refractivity contribution in [3.63, 3.8) is 0 Å². The van der Waals surface area contributed by atoms with Gasteiger partial charge >= 0.3 is 12.1 Å². The van der Waals surface area contributed by atoms with Gasteiger partial charge in [-0.1, -0.05) is 51.5 Å². The maximum Gasteiger partial charge on any atom is 0.453 e. The number of halogens is 5. The normalized spacial score (nSPS) is 30.5. The Labute approximate surface area is 244 Å². The molecule has 41 heavy (non-hydrogen) atoms. The quantitative estimate of drug-likeness (QED) is 0.165. The highest BCUT2D eigenvalue weighted by Crippen LogP contribution is 2.62. The third-order valence-corrected chi connectivity index (χ3v) is 12.0. The molecular formula is C32H47F5O3S. The standard InChI is InChI=1S/C32H47F5O3S/c1-30-17-15-26-25-12-11-24(38)21-23(25)20-22(29(26)27(30)13-14-28(30)39)10-7-5-3-2-4-6-8-18-41(40)19-9-16-31(33,34)32(35,36)37/h11-12,21-22,26-29,38-39H,2-10,13-20H2,1H3/t22-,26-,27+,28+,29+,30+,41-/m1/s1. The predicted molar refractivity (Wildman–Crippen MR) is 153 cm³/mol. The van der Waals surface area contributed by atoms with E-state index < -0.39 is 35.7 Å². The largest absolute Gasteiger partial charge is 0.508 e. The Morgan fingerprint density at radius 3 is 2.29 bits per heavy atom. The molecule has 1 aromatic carbocycles. The summed E-state index contributed by atoms with van der Waals surface area (Å²) in [5, 5.41) is 21.0. The molecule has 2 N–H and O–H groups in total. The average Bonchev–Trinajstić information content (AvgIpc) is 3.20. The average molecular weight is 607 g/mol. The first-order valence-corrected chi connectivity index (χ1v) is 17.1. The van der Waals surface area contributed by atoms with Crippen molar-refractivity contribution in [3.8, 4) is 5.75 Å². The van der Waals surface area contributed by atoms with Crippen molar-refractivity contribution in [3.05, 3.63) is 29.3 Å². The minimum atomic E-state index is -5.54. The van der Waals surface area contributed by atoms with Crippen molar-refractivity contribution < 1.29 is 36.4 Å². The minimum Gasteiger partial charge on any atom is -0.508 e. The summed E-state index contributed by atoms with van der Waals surface area (Å²) in [5.41, 5.74) is 2.73. The first-order chi connectivity index (χ1) is 19.3. The first-order valence-electron chi connectivity index (χ1n) is 15.6. The molecule has 234 valence electrons. The molecular weight excluding hydrogens is 559 g/mol. The maximum atomic E-state index is 13.0. The fraction of sp³-hybridized carbons (Fsp3) is 0.812. The molecule has 9 heteroatoms. The van der Waals surface area contributed by atoms with Gasteiger partial charge < -0.3 is 10.2 Å². The van der Waals surface area contributed by atoms with Gasteiger partial charge in [0.1, 0.15) is 5.75 Å². The molecule has 0 spiro atoms. The number of fused-ring (bicyclic) bond motifs is 5. The van der Waals surface area contributed by atoms with Gasteiger partial charge in [-0.2, -0.15) is 22.0 Å². The number of aromatic hydroxyl groups is 1. The Bertz CT molecular complexity index is 1030. The molecule has 0 aromatic heterocycles. The van der Waals surface area contributed by atoms with E-state index in [4.69, 9.17) is 0 Å². The second-order valence-corrected chi connectivity index (χ2v) is 14.9. The van der Waals surface area contributed by atoms with Crippen LogP contribution in [0, 0.1) is 23.2 Å². The molecule has 0 bridgehead atoms. The van der Waals surface area contributed by atoms with E-state index in [1.165, 1.54) is 11.1 Å². The molecule has 3 aliphatic rings. The summed E-state index contributed by atoms with van der Waals surface area (Å²) in [5.74, 6) is -1.91.